The van der Waals surface area contributed by atoms with Crippen molar-refractivity contribution in [3.63, 3.8) is 0 Å². The number of ketones is 1. The molecule has 0 spiro atoms. The summed E-state index contributed by atoms with van der Waals surface area (Å²) in [6, 6.07) is 15.7. The first-order valence-corrected chi connectivity index (χ1v) is 13.5. The van der Waals surface area contributed by atoms with Gasteiger partial charge in [-0.1, -0.05) is 53.5 Å². The fraction of sp³-hybridized carbons (Fsp3) is 0.115. The highest BCUT2D eigenvalue weighted by Crippen LogP contribution is 2.32. The van der Waals surface area contributed by atoms with Crippen molar-refractivity contribution in [3.8, 4) is 5.69 Å². The standard InChI is InChI=1S/C26H20Cl2FN3O6S/c1-15-24(25(34)32(31(15)2)17-8-4-3-5-9-17)30-39(36,37)22-13-16(12-19(27)23(22)28)26(35)38-14-21(33)18-10-6-7-11-20(18)29/h3-13,30H,14H2,1-2H3. The predicted molar refractivity (Wildman–Crippen MR) is 144 cm³/mol. The molecule has 0 atom stereocenters. The number of Topliss-reactive ketones (excluding diaryl/α,β-unsaturated/α-hetero) is 1. The van der Waals surface area contributed by atoms with Gasteiger partial charge in [-0.05, 0) is 43.3 Å². The molecule has 0 aliphatic carbocycles. The van der Waals surface area contributed by atoms with E-state index < -0.39 is 49.7 Å². The lowest BCUT2D eigenvalue weighted by atomic mass is 10.1. The van der Waals surface area contributed by atoms with Gasteiger partial charge < -0.3 is 4.74 Å². The molecule has 0 aliphatic rings. The van der Waals surface area contributed by atoms with Crippen LogP contribution < -0.4 is 10.3 Å². The molecule has 1 heterocycles. The van der Waals surface area contributed by atoms with E-state index in [9.17, 15) is 27.2 Å². The third-order valence-corrected chi connectivity index (χ3v) is 8.11. The molecule has 0 saturated carbocycles. The Hall–Kier alpha value is -3.93. The molecule has 13 heteroatoms. The van der Waals surface area contributed by atoms with Crippen LogP contribution in [-0.2, 0) is 21.8 Å². The summed E-state index contributed by atoms with van der Waals surface area (Å²) in [5, 5.41) is -0.696. The Kier molecular flexibility index (Phi) is 7.96. The lowest BCUT2D eigenvalue weighted by Gasteiger charge is -2.12. The van der Waals surface area contributed by atoms with Crippen molar-refractivity contribution >= 4 is 50.7 Å². The van der Waals surface area contributed by atoms with Gasteiger partial charge in [0.2, 0.25) is 5.78 Å². The van der Waals surface area contributed by atoms with Crippen molar-refractivity contribution in [1.29, 1.82) is 0 Å². The second-order valence-corrected chi connectivity index (χ2v) is 10.7. The third kappa shape index (κ3) is 5.60. The highest BCUT2D eigenvalue weighted by atomic mass is 35.5. The number of nitrogens with zero attached hydrogens (tertiary/aromatic N) is 2. The Bertz CT molecular complexity index is 1770. The van der Waals surface area contributed by atoms with Crippen LogP contribution in [0.5, 0.6) is 0 Å². The fourth-order valence-electron chi connectivity index (χ4n) is 3.73. The fourth-order valence-corrected chi connectivity index (χ4v) is 5.66. The number of hydrogen-bond donors (Lipinski definition) is 1. The van der Waals surface area contributed by atoms with E-state index in [0.717, 1.165) is 18.2 Å². The summed E-state index contributed by atoms with van der Waals surface area (Å²) in [5.41, 5.74) is -0.679. The number of benzene rings is 3. The van der Waals surface area contributed by atoms with Crippen LogP contribution >= 0.6 is 23.2 Å². The lowest BCUT2D eigenvalue weighted by Crippen LogP contribution is -2.23. The van der Waals surface area contributed by atoms with E-state index >= 15 is 0 Å². The maximum absolute atomic E-state index is 13.8. The number of carbonyl (C=O) groups excluding carboxylic acids is 2. The summed E-state index contributed by atoms with van der Waals surface area (Å²) in [5.74, 6) is -2.68. The second kappa shape index (κ2) is 11.0. The molecule has 9 nitrogen and oxygen atoms in total. The molecule has 4 aromatic rings. The van der Waals surface area contributed by atoms with Crippen LogP contribution in [0.25, 0.3) is 5.69 Å². The number of rotatable bonds is 8. The van der Waals surface area contributed by atoms with Gasteiger partial charge in [0.15, 0.2) is 6.61 Å². The molecule has 0 fully saturated rings. The van der Waals surface area contributed by atoms with E-state index in [0.29, 0.717) is 11.4 Å². The molecule has 0 saturated heterocycles. The SMILES string of the molecule is Cc1c(NS(=O)(=O)c2cc(C(=O)OCC(=O)c3ccccc3F)cc(Cl)c2Cl)c(=O)n(-c2ccccc2)n1C. The molecule has 1 aromatic heterocycles. The average Bonchev–Trinajstić information content (AvgIpc) is 3.11. The first kappa shape index (κ1) is 28.1. The van der Waals surface area contributed by atoms with Crippen molar-refractivity contribution < 1.29 is 27.1 Å². The summed E-state index contributed by atoms with van der Waals surface area (Å²) in [6.07, 6.45) is 0. The Morgan fingerprint density at radius 1 is 1.03 bits per heavy atom. The topological polar surface area (TPSA) is 116 Å². The van der Waals surface area contributed by atoms with E-state index in [1.54, 1.807) is 44.3 Å². The molecule has 0 radical (unpaired) electrons. The molecule has 4 rings (SSSR count). The molecular formula is C26H20Cl2FN3O6S. The Labute approximate surface area is 232 Å². The number of esters is 1. The summed E-state index contributed by atoms with van der Waals surface area (Å²) >= 11 is 12.3. The molecule has 0 bridgehead atoms. The minimum absolute atomic E-state index is 0.239. The number of sulfonamides is 1. The molecule has 0 unspecified atom stereocenters. The van der Waals surface area contributed by atoms with E-state index in [1.165, 1.54) is 27.6 Å². The van der Waals surface area contributed by atoms with Crippen LogP contribution in [0.3, 0.4) is 0 Å². The Morgan fingerprint density at radius 3 is 2.33 bits per heavy atom. The minimum atomic E-state index is -4.55. The first-order chi connectivity index (χ1) is 18.4. The van der Waals surface area contributed by atoms with Crippen molar-refractivity contribution in [1.82, 2.24) is 9.36 Å². The van der Waals surface area contributed by atoms with Gasteiger partial charge in [-0.15, -0.1) is 0 Å². The van der Waals surface area contributed by atoms with Gasteiger partial charge in [-0.2, -0.15) is 0 Å². The van der Waals surface area contributed by atoms with E-state index in [1.807, 2.05) is 0 Å². The zero-order chi connectivity index (χ0) is 28.5. The maximum Gasteiger partial charge on any atom is 0.338 e. The first-order valence-electron chi connectivity index (χ1n) is 11.2. The largest absolute Gasteiger partial charge is 0.454 e. The van der Waals surface area contributed by atoms with Crippen LogP contribution in [-0.4, -0.2) is 36.1 Å². The van der Waals surface area contributed by atoms with Crippen LogP contribution in [0, 0.1) is 12.7 Å². The van der Waals surface area contributed by atoms with Gasteiger partial charge in [0.05, 0.1) is 32.6 Å². The number of ether oxygens (including phenoxy) is 1. The zero-order valence-corrected chi connectivity index (χ0v) is 22.8. The smallest absolute Gasteiger partial charge is 0.338 e. The molecule has 1 N–H and O–H groups in total. The van der Waals surface area contributed by atoms with Crippen molar-refractivity contribution in [2.75, 3.05) is 11.3 Å². The third-order valence-electron chi connectivity index (χ3n) is 5.82. The van der Waals surface area contributed by atoms with Gasteiger partial charge in [0.25, 0.3) is 15.6 Å². The number of aromatic nitrogens is 2. The highest BCUT2D eigenvalue weighted by Gasteiger charge is 2.27. The Morgan fingerprint density at radius 2 is 1.67 bits per heavy atom. The minimum Gasteiger partial charge on any atom is -0.454 e. The Balaban J connectivity index is 1.63. The maximum atomic E-state index is 13.8. The molecule has 3 aromatic carbocycles. The molecular weight excluding hydrogens is 572 g/mol. The van der Waals surface area contributed by atoms with Gasteiger partial charge >= 0.3 is 5.97 Å². The zero-order valence-electron chi connectivity index (χ0n) is 20.4. The highest BCUT2D eigenvalue weighted by molar-refractivity contribution is 7.92. The summed E-state index contributed by atoms with van der Waals surface area (Å²) in [4.78, 5) is 37.4. The lowest BCUT2D eigenvalue weighted by molar-refractivity contribution is 0.0473. The van der Waals surface area contributed by atoms with Crippen LogP contribution in [0.1, 0.15) is 26.4 Å². The van der Waals surface area contributed by atoms with Crippen LogP contribution in [0.15, 0.2) is 76.4 Å². The van der Waals surface area contributed by atoms with Crippen LogP contribution in [0.4, 0.5) is 10.1 Å². The molecule has 0 amide bonds. The number of nitrogens with one attached hydrogen (secondary N) is 1. The quantitative estimate of drug-likeness (QED) is 0.233. The number of halogens is 3. The van der Waals surface area contributed by atoms with Gasteiger partial charge in [0.1, 0.15) is 16.4 Å². The predicted octanol–water partition coefficient (Wildman–Crippen LogP) is 4.77. The number of anilines is 1. The molecule has 0 aliphatic heterocycles. The summed E-state index contributed by atoms with van der Waals surface area (Å²) < 4.78 is 50.5. The summed E-state index contributed by atoms with van der Waals surface area (Å²) in [7, 11) is -2.96. The normalized spacial score (nSPS) is 11.3. The number of hydrogen-bond acceptors (Lipinski definition) is 6. The van der Waals surface area contributed by atoms with E-state index in [4.69, 9.17) is 27.9 Å². The molecule has 39 heavy (non-hydrogen) atoms. The van der Waals surface area contributed by atoms with Gasteiger partial charge in [0, 0.05) is 7.05 Å². The number of carbonyl (C=O) groups is 2. The van der Waals surface area contributed by atoms with Crippen LogP contribution in [0.2, 0.25) is 10.0 Å². The van der Waals surface area contributed by atoms with E-state index in [-0.39, 0.29) is 21.8 Å². The van der Waals surface area contributed by atoms with Gasteiger partial charge in [-0.25, -0.2) is 22.3 Å². The van der Waals surface area contributed by atoms with Gasteiger partial charge in [-0.3, -0.25) is 19.0 Å². The van der Waals surface area contributed by atoms with Crippen molar-refractivity contribution in [3.05, 3.63) is 110 Å². The molecule has 202 valence electrons. The number of para-hydroxylation sites is 1. The second-order valence-electron chi connectivity index (χ2n) is 8.29. The van der Waals surface area contributed by atoms with E-state index in [2.05, 4.69) is 4.72 Å². The average molecular weight is 592 g/mol. The summed E-state index contributed by atoms with van der Waals surface area (Å²) in [6.45, 7) is 0.746. The monoisotopic (exact) mass is 591 g/mol. The van der Waals surface area contributed by atoms with Crippen molar-refractivity contribution in [2.45, 2.75) is 11.8 Å². The van der Waals surface area contributed by atoms with Crippen molar-refractivity contribution in [2.24, 2.45) is 7.05 Å².